The van der Waals surface area contributed by atoms with Crippen LogP contribution in [-0.2, 0) is 17.8 Å². The van der Waals surface area contributed by atoms with Gasteiger partial charge in [-0.2, -0.15) is 13.2 Å². The van der Waals surface area contributed by atoms with E-state index < -0.39 is 12.8 Å². The number of nitrogens with one attached hydrogen (secondary N) is 2. The molecule has 0 aliphatic carbocycles. The molecule has 2 aromatic carbocycles. The lowest BCUT2D eigenvalue weighted by Gasteiger charge is -2.12. The Morgan fingerprint density at radius 2 is 1.47 bits per heavy atom. The van der Waals surface area contributed by atoms with Crippen LogP contribution in [-0.4, -0.2) is 45.6 Å². The van der Waals surface area contributed by atoms with E-state index in [9.17, 15) is 13.2 Å². The van der Waals surface area contributed by atoms with Gasteiger partial charge >= 0.3 is 6.18 Å². The van der Waals surface area contributed by atoms with E-state index in [4.69, 9.17) is 14.2 Å². The second-order valence-electron chi connectivity index (χ2n) is 6.58. The molecule has 0 aliphatic rings. The number of alkyl halides is 3. The zero-order chi connectivity index (χ0) is 22.5. The normalized spacial score (nSPS) is 11.5. The molecule has 0 fully saturated rings. The van der Waals surface area contributed by atoms with Crippen LogP contribution in [0, 0.1) is 0 Å². The van der Waals surface area contributed by atoms with Crippen LogP contribution in [0.15, 0.2) is 53.5 Å². The van der Waals surface area contributed by atoms with Crippen LogP contribution >= 0.6 is 24.0 Å². The van der Waals surface area contributed by atoms with Gasteiger partial charge in [-0.05, 0) is 42.3 Å². The molecule has 0 saturated heterocycles. The van der Waals surface area contributed by atoms with Crippen molar-refractivity contribution in [2.45, 2.75) is 26.2 Å². The standard InChI is InChI=1S/C22H28F3N3O3.HI/c1-3-26-21(27-14-17-4-8-19(9-5-17)30-13-12-29-2)28-15-18-6-10-20(11-7-18)31-16-22(23,24)25;/h4-11H,3,12-16H2,1-2H3,(H2,26,27,28);1H. The summed E-state index contributed by atoms with van der Waals surface area (Å²) >= 11 is 0. The van der Waals surface area contributed by atoms with Crippen molar-refractivity contribution < 1.29 is 27.4 Å². The first-order chi connectivity index (χ1) is 14.9. The lowest BCUT2D eigenvalue weighted by Crippen LogP contribution is -2.36. The van der Waals surface area contributed by atoms with Crippen LogP contribution in [0.25, 0.3) is 0 Å². The van der Waals surface area contributed by atoms with Crippen LogP contribution in [0.4, 0.5) is 13.2 Å². The van der Waals surface area contributed by atoms with Crippen molar-refractivity contribution >= 4 is 29.9 Å². The Hall–Kier alpha value is -2.21. The molecule has 6 nitrogen and oxygen atoms in total. The van der Waals surface area contributed by atoms with Crippen molar-refractivity contribution in [3.63, 3.8) is 0 Å². The maximum atomic E-state index is 12.2. The summed E-state index contributed by atoms with van der Waals surface area (Å²) in [4.78, 5) is 4.52. The van der Waals surface area contributed by atoms with Gasteiger partial charge in [0.25, 0.3) is 0 Å². The minimum absolute atomic E-state index is 0. The number of ether oxygens (including phenoxy) is 3. The highest BCUT2D eigenvalue weighted by atomic mass is 127. The zero-order valence-electron chi connectivity index (χ0n) is 18.1. The third-order valence-corrected chi connectivity index (χ3v) is 4.03. The number of nitrogens with zero attached hydrogens (tertiary/aromatic N) is 1. The van der Waals surface area contributed by atoms with Crippen LogP contribution in [0.5, 0.6) is 11.5 Å². The van der Waals surface area contributed by atoms with Crippen molar-refractivity contribution in [1.29, 1.82) is 0 Å². The average Bonchev–Trinajstić information content (AvgIpc) is 2.75. The zero-order valence-corrected chi connectivity index (χ0v) is 20.4. The van der Waals surface area contributed by atoms with Crippen LogP contribution in [0.1, 0.15) is 18.1 Å². The van der Waals surface area contributed by atoms with Crippen LogP contribution in [0.2, 0.25) is 0 Å². The summed E-state index contributed by atoms with van der Waals surface area (Å²) in [5.41, 5.74) is 1.92. The molecule has 2 N–H and O–H groups in total. The van der Waals surface area contributed by atoms with E-state index in [0.717, 1.165) is 16.9 Å². The van der Waals surface area contributed by atoms with Crippen molar-refractivity contribution in [3.8, 4) is 11.5 Å². The molecule has 2 rings (SSSR count). The number of hydrogen-bond acceptors (Lipinski definition) is 4. The highest BCUT2D eigenvalue weighted by Crippen LogP contribution is 2.19. The van der Waals surface area contributed by atoms with Crippen molar-refractivity contribution in [2.24, 2.45) is 4.99 Å². The van der Waals surface area contributed by atoms with Gasteiger partial charge in [0.1, 0.15) is 18.1 Å². The summed E-state index contributed by atoms with van der Waals surface area (Å²) < 4.78 is 51.9. The molecule has 0 saturated carbocycles. The second-order valence-corrected chi connectivity index (χ2v) is 6.58. The van der Waals surface area contributed by atoms with E-state index in [1.807, 2.05) is 31.2 Å². The summed E-state index contributed by atoms with van der Waals surface area (Å²) in [7, 11) is 1.63. The molecule has 178 valence electrons. The highest BCUT2D eigenvalue weighted by Gasteiger charge is 2.28. The molecule has 0 aliphatic heterocycles. The van der Waals surface area contributed by atoms with Gasteiger partial charge in [-0.15, -0.1) is 24.0 Å². The van der Waals surface area contributed by atoms with Gasteiger partial charge in [0.2, 0.25) is 0 Å². The molecule has 10 heteroatoms. The van der Waals surface area contributed by atoms with Gasteiger partial charge in [0.05, 0.1) is 13.2 Å². The number of benzene rings is 2. The van der Waals surface area contributed by atoms with E-state index >= 15 is 0 Å². The fourth-order valence-electron chi connectivity index (χ4n) is 2.50. The first-order valence-electron chi connectivity index (χ1n) is 9.91. The van der Waals surface area contributed by atoms with E-state index in [0.29, 0.717) is 38.8 Å². The first kappa shape index (κ1) is 27.8. The Labute approximate surface area is 203 Å². The van der Waals surface area contributed by atoms with Crippen molar-refractivity contribution in [3.05, 3.63) is 59.7 Å². The van der Waals surface area contributed by atoms with Crippen LogP contribution < -0.4 is 20.1 Å². The van der Waals surface area contributed by atoms with E-state index in [2.05, 4.69) is 15.6 Å². The number of methoxy groups -OCH3 is 1. The summed E-state index contributed by atoms with van der Waals surface area (Å²) in [6, 6.07) is 14.2. The van der Waals surface area contributed by atoms with E-state index in [1.165, 1.54) is 12.1 Å². The van der Waals surface area contributed by atoms with E-state index in [-0.39, 0.29) is 29.7 Å². The molecule has 0 amide bonds. The summed E-state index contributed by atoms with van der Waals surface area (Å²) in [5.74, 6) is 1.59. The molecule has 0 unspecified atom stereocenters. The van der Waals surface area contributed by atoms with Crippen molar-refractivity contribution in [1.82, 2.24) is 10.6 Å². The molecule has 0 heterocycles. The Kier molecular flexibility index (Phi) is 12.8. The highest BCUT2D eigenvalue weighted by molar-refractivity contribution is 14.0. The maximum absolute atomic E-state index is 12.2. The lowest BCUT2D eigenvalue weighted by molar-refractivity contribution is -0.153. The number of guanidine groups is 1. The molecular formula is C22H29F3IN3O3. The molecule has 0 aromatic heterocycles. The average molecular weight is 567 g/mol. The minimum atomic E-state index is -4.35. The topological polar surface area (TPSA) is 64.1 Å². The lowest BCUT2D eigenvalue weighted by atomic mass is 10.2. The largest absolute Gasteiger partial charge is 0.491 e. The maximum Gasteiger partial charge on any atom is 0.422 e. The number of aliphatic imine (C=N–C) groups is 1. The Morgan fingerprint density at radius 1 is 0.875 bits per heavy atom. The monoisotopic (exact) mass is 567 g/mol. The molecule has 32 heavy (non-hydrogen) atoms. The summed E-state index contributed by atoms with van der Waals surface area (Å²) in [5, 5.41) is 6.42. The molecular weight excluding hydrogens is 538 g/mol. The Bertz CT molecular complexity index is 801. The fraction of sp³-hybridized carbons (Fsp3) is 0.409. The second kappa shape index (κ2) is 14.8. The number of halogens is 4. The minimum Gasteiger partial charge on any atom is -0.491 e. The summed E-state index contributed by atoms with van der Waals surface area (Å²) in [6.45, 7) is 3.35. The van der Waals surface area contributed by atoms with E-state index in [1.54, 1.807) is 19.2 Å². The Balaban J connectivity index is 0.00000512. The van der Waals surface area contributed by atoms with Gasteiger partial charge in [-0.3, -0.25) is 0 Å². The predicted molar refractivity (Wildman–Crippen MR) is 129 cm³/mol. The Morgan fingerprint density at radius 3 is 2.03 bits per heavy atom. The third-order valence-electron chi connectivity index (χ3n) is 4.03. The third kappa shape index (κ3) is 11.4. The molecule has 2 aromatic rings. The molecule has 0 atom stereocenters. The van der Waals surface area contributed by atoms with Gasteiger partial charge in [0.15, 0.2) is 12.6 Å². The fourth-order valence-corrected chi connectivity index (χ4v) is 2.50. The van der Waals surface area contributed by atoms with Gasteiger partial charge < -0.3 is 24.8 Å². The van der Waals surface area contributed by atoms with Crippen LogP contribution in [0.3, 0.4) is 0 Å². The molecule has 0 spiro atoms. The number of rotatable bonds is 11. The summed E-state index contributed by atoms with van der Waals surface area (Å²) in [6.07, 6.45) is -4.35. The quantitative estimate of drug-likeness (QED) is 0.181. The van der Waals surface area contributed by atoms with Gasteiger partial charge in [-0.25, -0.2) is 4.99 Å². The number of hydrogen-bond donors (Lipinski definition) is 2. The van der Waals surface area contributed by atoms with Gasteiger partial charge in [0, 0.05) is 20.2 Å². The van der Waals surface area contributed by atoms with Crippen molar-refractivity contribution in [2.75, 3.05) is 33.5 Å². The predicted octanol–water partition coefficient (Wildman–Crippen LogP) is 4.53. The SMILES string of the molecule is CCNC(=NCc1ccc(OCC(F)(F)F)cc1)NCc1ccc(OCCOC)cc1.I. The smallest absolute Gasteiger partial charge is 0.422 e. The molecule has 0 bridgehead atoms. The van der Waals surface area contributed by atoms with Gasteiger partial charge in [-0.1, -0.05) is 24.3 Å². The first-order valence-corrected chi connectivity index (χ1v) is 9.91. The molecule has 0 radical (unpaired) electrons.